The molecule has 20 heavy (non-hydrogen) atoms. The van der Waals surface area contributed by atoms with Crippen molar-refractivity contribution in [1.29, 1.82) is 0 Å². The standard InChI is InChI=1S/C16H24ClNO2/c17-14-5-3-4-13(12-14)16(20)8-9-18(10-11-19)15-6-1-2-7-15/h3-5,12,15-16,19-20H,1-2,6-11H2. The van der Waals surface area contributed by atoms with Gasteiger partial charge in [0, 0.05) is 24.2 Å². The molecular formula is C16H24ClNO2. The summed E-state index contributed by atoms with van der Waals surface area (Å²) in [6.07, 6.45) is 5.18. The van der Waals surface area contributed by atoms with Gasteiger partial charge >= 0.3 is 0 Å². The van der Waals surface area contributed by atoms with Crippen molar-refractivity contribution in [3.05, 3.63) is 34.9 Å². The molecule has 0 spiro atoms. The van der Waals surface area contributed by atoms with Crippen LogP contribution in [0.25, 0.3) is 0 Å². The average Bonchev–Trinajstić information content (AvgIpc) is 2.97. The number of aliphatic hydroxyl groups excluding tert-OH is 2. The van der Waals surface area contributed by atoms with Gasteiger partial charge < -0.3 is 10.2 Å². The maximum atomic E-state index is 10.3. The summed E-state index contributed by atoms with van der Waals surface area (Å²) in [5.74, 6) is 0. The van der Waals surface area contributed by atoms with Crippen LogP contribution >= 0.6 is 11.6 Å². The molecule has 1 aromatic carbocycles. The van der Waals surface area contributed by atoms with Crippen LogP contribution in [0.2, 0.25) is 5.02 Å². The van der Waals surface area contributed by atoms with E-state index in [-0.39, 0.29) is 6.61 Å². The summed E-state index contributed by atoms with van der Waals surface area (Å²) in [5, 5.41) is 20.1. The van der Waals surface area contributed by atoms with Gasteiger partial charge in [-0.3, -0.25) is 4.90 Å². The van der Waals surface area contributed by atoms with Crippen molar-refractivity contribution < 1.29 is 10.2 Å². The van der Waals surface area contributed by atoms with E-state index < -0.39 is 6.10 Å². The lowest BCUT2D eigenvalue weighted by molar-refractivity contribution is 0.108. The third-order valence-electron chi connectivity index (χ3n) is 4.15. The van der Waals surface area contributed by atoms with E-state index in [2.05, 4.69) is 4.90 Å². The van der Waals surface area contributed by atoms with Crippen LogP contribution in [0.1, 0.15) is 43.8 Å². The summed E-state index contributed by atoms with van der Waals surface area (Å²) >= 11 is 5.95. The summed E-state index contributed by atoms with van der Waals surface area (Å²) in [4.78, 5) is 2.32. The van der Waals surface area contributed by atoms with Gasteiger partial charge in [-0.15, -0.1) is 0 Å². The van der Waals surface area contributed by atoms with Crippen LogP contribution in [0.5, 0.6) is 0 Å². The number of halogens is 1. The number of rotatable bonds is 7. The highest BCUT2D eigenvalue weighted by Crippen LogP contribution is 2.25. The van der Waals surface area contributed by atoms with Gasteiger partial charge in [-0.2, -0.15) is 0 Å². The number of hydrogen-bond acceptors (Lipinski definition) is 3. The molecule has 0 heterocycles. The first kappa shape index (κ1) is 15.8. The zero-order valence-corrected chi connectivity index (χ0v) is 12.6. The third-order valence-corrected chi connectivity index (χ3v) is 4.39. The SMILES string of the molecule is OCCN(CCC(O)c1cccc(Cl)c1)C1CCCC1. The molecule has 0 amide bonds. The summed E-state index contributed by atoms with van der Waals surface area (Å²) in [7, 11) is 0. The minimum Gasteiger partial charge on any atom is -0.395 e. The van der Waals surface area contributed by atoms with Crippen LogP contribution in [0.3, 0.4) is 0 Å². The molecule has 1 saturated carbocycles. The Morgan fingerprint density at radius 3 is 2.65 bits per heavy atom. The lowest BCUT2D eigenvalue weighted by Gasteiger charge is -2.29. The molecule has 112 valence electrons. The minimum absolute atomic E-state index is 0.184. The topological polar surface area (TPSA) is 43.7 Å². The molecule has 0 aliphatic heterocycles. The van der Waals surface area contributed by atoms with Crippen LogP contribution in [0.4, 0.5) is 0 Å². The van der Waals surface area contributed by atoms with E-state index >= 15 is 0 Å². The average molecular weight is 298 g/mol. The van der Waals surface area contributed by atoms with E-state index in [0.717, 1.165) is 12.1 Å². The molecule has 3 nitrogen and oxygen atoms in total. The summed E-state index contributed by atoms with van der Waals surface area (Å²) in [6.45, 7) is 1.70. The Balaban J connectivity index is 1.87. The number of nitrogens with zero attached hydrogens (tertiary/aromatic N) is 1. The molecule has 4 heteroatoms. The summed E-state index contributed by atoms with van der Waals surface area (Å²) in [5.41, 5.74) is 0.868. The zero-order valence-electron chi connectivity index (χ0n) is 11.8. The van der Waals surface area contributed by atoms with Crippen molar-refractivity contribution in [2.75, 3.05) is 19.7 Å². The van der Waals surface area contributed by atoms with Crippen LogP contribution in [-0.2, 0) is 0 Å². The monoisotopic (exact) mass is 297 g/mol. The first-order valence-corrected chi connectivity index (χ1v) is 7.87. The number of aliphatic hydroxyl groups is 2. The van der Waals surface area contributed by atoms with Gasteiger partial charge in [0.25, 0.3) is 0 Å². The maximum absolute atomic E-state index is 10.3. The van der Waals surface area contributed by atoms with Crippen molar-refractivity contribution in [1.82, 2.24) is 4.90 Å². The lowest BCUT2D eigenvalue weighted by Crippen LogP contribution is -2.37. The molecule has 2 N–H and O–H groups in total. The molecule has 1 atom stereocenters. The first-order valence-electron chi connectivity index (χ1n) is 7.49. The van der Waals surface area contributed by atoms with Gasteiger partial charge in [-0.05, 0) is 37.0 Å². The van der Waals surface area contributed by atoms with E-state index in [1.165, 1.54) is 25.7 Å². The second-order valence-corrected chi connectivity index (χ2v) is 5.99. The van der Waals surface area contributed by atoms with E-state index in [4.69, 9.17) is 11.6 Å². The van der Waals surface area contributed by atoms with Crippen molar-refractivity contribution in [3.63, 3.8) is 0 Å². The van der Waals surface area contributed by atoms with Gasteiger partial charge in [0.2, 0.25) is 0 Å². The van der Waals surface area contributed by atoms with Gasteiger partial charge in [0.05, 0.1) is 12.7 Å². The van der Waals surface area contributed by atoms with E-state index in [1.807, 2.05) is 24.3 Å². The Hall–Kier alpha value is -0.610. The first-order chi connectivity index (χ1) is 9.70. The Bertz CT molecular complexity index is 407. The van der Waals surface area contributed by atoms with E-state index in [0.29, 0.717) is 24.0 Å². The lowest BCUT2D eigenvalue weighted by atomic mass is 10.1. The summed E-state index contributed by atoms with van der Waals surface area (Å²) < 4.78 is 0. The molecule has 0 saturated heterocycles. The fourth-order valence-corrected chi connectivity index (χ4v) is 3.24. The molecule has 0 radical (unpaired) electrons. The predicted octanol–water partition coefficient (Wildman–Crippen LogP) is 3.00. The van der Waals surface area contributed by atoms with Crippen molar-refractivity contribution in [3.8, 4) is 0 Å². The molecule has 0 aromatic heterocycles. The molecule has 1 unspecified atom stereocenters. The maximum Gasteiger partial charge on any atom is 0.0802 e. The van der Waals surface area contributed by atoms with Gasteiger partial charge in [-0.25, -0.2) is 0 Å². The second kappa shape index (κ2) is 7.99. The Labute approximate surface area is 126 Å². The van der Waals surface area contributed by atoms with Crippen molar-refractivity contribution in [2.45, 2.75) is 44.2 Å². The van der Waals surface area contributed by atoms with Crippen LogP contribution < -0.4 is 0 Å². The largest absolute Gasteiger partial charge is 0.395 e. The normalized spacial score (nSPS) is 17.8. The quantitative estimate of drug-likeness (QED) is 0.813. The van der Waals surface area contributed by atoms with Gasteiger partial charge in [0.15, 0.2) is 0 Å². The molecule has 1 aromatic rings. The molecular weight excluding hydrogens is 274 g/mol. The van der Waals surface area contributed by atoms with Crippen molar-refractivity contribution >= 4 is 11.6 Å². The highest BCUT2D eigenvalue weighted by Gasteiger charge is 2.22. The Kier molecular flexibility index (Phi) is 6.30. The Morgan fingerprint density at radius 2 is 2.00 bits per heavy atom. The summed E-state index contributed by atoms with van der Waals surface area (Å²) in [6, 6.07) is 7.98. The fraction of sp³-hybridized carbons (Fsp3) is 0.625. The third kappa shape index (κ3) is 4.45. The highest BCUT2D eigenvalue weighted by atomic mass is 35.5. The van der Waals surface area contributed by atoms with Crippen LogP contribution in [-0.4, -0.2) is 40.9 Å². The second-order valence-electron chi connectivity index (χ2n) is 5.56. The van der Waals surface area contributed by atoms with Crippen LogP contribution in [0.15, 0.2) is 24.3 Å². The minimum atomic E-state index is -0.490. The predicted molar refractivity (Wildman–Crippen MR) is 81.9 cm³/mol. The Morgan fingerprint density at radius 1 is 1.25 bits per heavy atom. The molecule has 1 aliphatic rings. The van der Waals surface area contributed by atoms with Gasteiger partial charge in [-0.1, -0.05) is 36.6 Å². The number of hydrogen-bond donors (Lipinski definition) is 2. The highest BCUT2D eigenvalue weighted by molar-refractivity contribution is 6.30. The molecule has 1 fully saturated rings. The van der Waals surface area contributed by atoms with Gasteiger partial charge in [0.1, 0.15) is 0 Å². The van der Waals surface area contributed by atoms with E-state index in [1.54, 1.807) is 0 Å². The molecule has 1 aliphatic carbocycles. The molecule has 0 bridgehead atoms. The zero-order chi connectivity index (χ0) is 14.4. The molecule has 2 rings (SSSR count). The van der Waals surface area contributed by atoms with Crippen LogP contribution in [0, 0.1) is 0 Å². The number of benzene rings is 1. The smallest absolute Gasteiger partial charge is 0.0802 e. The van der Waals surface area contributed by atoms with Crippen molar-refractivity contribution in [2.24, 2.45) is 0 Å². The fourth-order valence-electron chi connectivity index (χ4n) is 3.04. The van der Waals surface area contributed by atoms with E-state index in [9.17, 15) is 10.2 Å².